The second kappa shape index (κ2) is 8.34. The fourth-order valence-corrected chi connectivity index (χ4v) is 2.76. The second-order valence-electron chi connectivity index (χ2n) is 5.77. The molecule has 5 nitrogen and oxygen atoms in total. The molecule has 0 fully saturated rings. The molecule has 0 amide bonds. The van der Waals surface area contributed by atoms with Crippen LogP contribution in [0, 0.1) is 11.6 Å². The summed E-state index contributed by atoms with van der Waals surface area (Å²) in [6.07, 6.45) is -4.59. The molecule has 1 heterocycles. The van der Waals surface area contributed by atoms with Crippen LogP contribution >= 0.6 is 11.6 Å². The predicted molar refractivity (Wildman–Crippen MR) is 93.4 cm³/mol. The number of anilines is 1. The first-order valence-corrected chi connectivity index (χ1v) is 8.65. The molecular formula is C17H17ClF5N3O2. The summed E-state index contributed by atoms with van der Waals surface area (Å²) >= 11 is 6.12. The summed E-state index contributed by atoms with van der Waals surface area (Å²) in [5.41, 5.74) is -1.53. The van der Waals surface area contributed by atoms with Gasteiger partial charge in [-0.3, -0.25) is 4.68 Å². The number of carbonyl (C=O) groups is 1. The molecule has 2 aromatic rings. The SMILES string of the molecule is CCOC(=O)c1nn(CC)c(-c2c(F)cc(NC(C)C(F)(F)F)cc2F)c1Cl. The van der Waals surface area contributed by atoms with Crippen molar-refractivity contribution in [2.24, 2.45) is 0 Å². The van der Waals surface area contributed by atoms with Gasteiger partial charge in [0, 0.05) is 12.2 Å². The monoisotopic (exact) mass is 425 g/mol. The Labute approximate surface area is 162 Å². The van der Waals surface area contributed by atoms with Crippen LogP contribution in [0.5, 0.6) is 0 Å². The van der Waals surface area contributed by atoms with Crippen molar-refractivity contribution < 1.29 is 31.5 Å². The first kappa shape index (κ1) is 21.9. The summed E-state index contributed by atoms with van der Waals surface area (Å²) in [5.74, 6) is -3.19. The molecule has 154 valence electrons. The van der Waals surface area contributed by atoms with E-state index < -0.39 is 41.1 Å². The van der Waals surface area contributed by atoms with Crippen molar-refractivity contribution >= 4 is 23.3 Å². The van der Waals surface area contributed by atoms with Gasteiger partial charge in [0.1, 0.15) is 22.7 Å². The van der Waals surface area contributed by atoms with Crippen molar-refractivity contribution in [3.8, 4) is 11.3 Å². The minimum Gasteiger partial charge on any atom is -0.461 e. The Morgan fingerprint density at radius 1 is 1.29 bits per heavy atom. The normalized spacial score (nSPS) is 12.8. The summed E-state index contributed by atoms with van der Waals surface area (Å²) in [5, 5.41) is 5.59. The molecule has 2 rings (SSSR count). The number of aryl methyl sites for hydroxylation is 1. The number of nitrogens with one attached hydrogen (secondary N) is 1. The second-order valence-corrected chi connectivity index (χ2v) is 6.15. The van der Waals surface area contributed by atoms with Crippen LogP contribution in [0.15, 0.2) is 12.1 Å². The third kappa shape index (κ3) is 4.37. The predicted octanol–water partition coefficient (Wildman–Crippen LogP) is 5.04. The standard InChI is InChI=1S/C17H17ClF5N3O2/c1-4-26-15(13(18)14(25-26)16(27)28-5-2)12-10(19)6-9(7-11(12)20)24-8(3)17(21,22)23/h6-8,24H,4-5H2,1-3H3. The van der Waals surface area contributed by atoms with E-state index in [1.54, 1.807) is 13.8 Å². The molecule has 1 atom stereocenters. The number of benzene rings is 1. The summed E-state index contributed by atoms with van der Waals surface area (Å²) in [6, 6.07) is -0.584. The summed E-state index contributed by atoms with van der Waals surface area (Å²) in [7, 11) is 0. The van der Waals surface area contributed by atoms with Crippen molar-refractivity contribution in [2.45, 2.75) is 39.5 Å². The van der Waals surface area contributed by atoms with Gasteiger partial charge >= 0.3 is 12.1 Å². The van der Waals surface area contributed by atoms with Gasteiger partial charge in [-0.05, 0) is 32.9 Å². The van der Waals surface area contributed by atoms with Crippen molar-refractivity contribution in [3.63, 3.8) is 0 Å². The Hall–Kier alpha value is -2.36. The van der Waals surface area contributed by atoms with Crippen molar-refractivity contribution in [1.82, 2.24) is 9.78 Å². The Morgan fingerprint density at radius 2 is 1.86 bits per heavy atom. The topological polar surface area (TPSA) is 56.1 Å². The highest BCUT2D eigenvalue weighted by Gasteiger charge is 2.36. The molecule has 1 aromatic heterocycles. The lowest BCUT2D eigenvalue weighted by molar-refractivity contribution is -0.138. The van der Waals surface area contributed by atoms with Crippen LogP contribution < -0.4 is 5.32 Å². The lowest BCUT2D eigenvalue weighted by atomic mass is 10.1. The van der Waals surface area contributed by atoms with Gasteiger partial charge in [-0.15, -0.1) is 0 Å². The van der Waals surface area contributed by atoms with Crippen molar-refractivity contribution in [2.75, 3.05) is 11.9 Å². The number of hydrogen-bond donors (Lipinski definition) is 1. The number of rotatable bonds is 6. The number of aromatic nitrogens is 2. The maximum absolute atomic E-state index is 14.6. The van der Waals surface area contributed by atoms with Gasteiger partial charge in [0.15, 0.2) is 5.69 Å². The molecule has 0 aliphatic heterocycles. The molecular weight excluding hydrogens is 409 g/mol. The molecule has 0 aliphatic carbocycles. The van der Waals surface area contributed by atoms with Crippen molar-refractivity contribution in [1.29, 1.82) is 0 Å². The largest absolute Gasteiger partial charge is 0.461 e. The first-order chi connectivity index (χ1) is 13.0. The van der Waals surface area contributed by atoms with Crippen LogP contribution in [0.1, 0.15) is 31.3 Å². The molecule has 28 heavy (non-hydrogen) atoms. The molecule has 0 aliphatic rings. The average Bonchev–Trinajstić information content (AvgIpc) is 2.90. The quantitative estimate of drug-likeness (QED) is 0.520. The third-order valence-corrected chi connectivity index (χ3v) is 4.17. The maximum atomic E-state index is 14.6. The summed E-state index contributed by atoms with van der Waals surface area (Å²) < 4.78 is 73.1. The number of alkyl halides is 3. The molecule has 0 radical (unpaired) electrons. The zero-order chi connectivity index (χ0) is 21.2. The molecule has 0 saturated heterocycles. The van der Waals surface area contributed by atoms with Gasteiger partial charge in [0.2, 0.25) is 0 Å². The third-order valence-electron chi connectivity index (χ3n) is 3.82. The average molecular weight is 426 g/mol. The van der Waals surface area contributed by atoms with Gasteiger partial charge < -0.3 is 10.1 Å². The van der Waals surface area contributed by atoms with E-state index in [-0.39, 0.29) is 29.6 Å². The highest BCUT2D eigenvalue weighted by atomic mass is 35.5. The molecule has 1 N–H and O–H groups in total. The van der Waals surface area contributed by atoms with Crippen LogP contribution in [-0.4, -0.2) is 34.6 Å². The smallest absolute Gasteiger partial charge is 0.408 e. The summed E-state index contributed by atoms with van der Waals surface area (Å²) in [6.45, 7) is 4.16. The Bertz CT molecular complexity index is 859. The van der Waals surface area contributed by atoms with Gasteiger partial charge in [-0.25, -0.2) is 13.6 Å². The molecule has 0 bridgehead atoms. The van der Waals surface area contributed by atoms with E-state index in [9.17, 15) is 26.7 Å². The number of halogens is 6. The van der Waals surface area contributed by atoms with Gasteiger partial charge in [0.05, 0.1) is 17.9 Å². The van der Waals surface area contributed by atoms with E-state index >= 15 is 0 Å². The van der Waals surface area contributed by atoms with Crippen LogP contribution in [0.25, 0.3) is 11.3 Å². The lowest BCUT2D eigenvalue weighted by Gasteiger charge is -2.19. The number of esters is 1. The van der Waals surface area contributed by atoms with E-state index in [0.717, 1.165) is 11.6 Å². The minimum absolute atomic E-state index is 0.0456. The summed E-state index contributed by atoms with van der Waals surface area (Å²) in [4.78, 5) is 11.9. The minimum atomic E-state index is -4.59. The molecule has 1 unspecified atom stereocenters. The van der Waals surface area contributed by atoms with E-state index in [1.807, 2.05) is 5.32 Å². The van der Waals surface area contributed by atoms with Gasteiger partial charge in [-0.2, -0.15) is 18.3 Å². The van der Waals surface area contributed by atoms with Gasteiger partial charge in [-0.1, -0.05) is 11.6 Å². The first-order valence-electron chi connectivity index (χ1n) is 8.27. The highest BCUT2D eigenvalue weighted by molar-refractivity contribution is 6.35. The van der Waals surface area contributed by atoms with Crippen LogP contribution in [-0.2, 0) is 11.3 Å². The highest BCUT2D eigenvalue weighted by Crippen LogP contribution is 2.36. The molecule has 1 aromatic carbocycles. The Morgan fingerprint density at radius 3 is 2.32 bits per heavy atom. The van der Waals surface area contributed by atoms with E-state index in [2.05, 4.69) is 5.10 Å². The zero-order valence-electron chi connectivity index (χ0n) is 15.1. The number of nitrogens with zero attached hydrogens (tertiary/aromatic N) is 2. The number of hydrogen-bond acceptors (Lipinski definition) is 4. The van der Waals surface area contributed by atoms with E-state index in [4.69, 9.17) is 16.3 Å². The molecule has 0 saturated carbocycles. The van der Waals surface area contributed by atoms with E-state index in [1.165, 1.54) is 0 Å². The molecule has 11 heteroatoms. The van der Waals surface area contributed by atoms with Crippen molar-refractivity contribution in [3.05, 3.63) is 34.5 Å². The maximum Gasteiger partial charge on any atom is 0.408 e. The fourth-order valence-electron chi connectivity index (χ4n) is 2.45. The van der Waals surface area contributed by atoms with Crippen LogP contribution in [0.3, 0.4) is 0 Å². The molecule has 0 spiro atoms. The number of ether oxygens (including phenoxy) is 1. The Kier molecular flexibility index (Phi) is 6.53. The van der Waals surface area contributed by atoms with E-state index in [0.29, 0.717) is 12.1 Å². The van der Waals surface area contributed by atoms with Crippen LogP contribution in [0.2, 0.25) is 5.02 Å². The van der Waals surface area contributed by atoms with Gasteiger partial charge in [0.25, 0.3) is 0 Å². The fraction of sp³-hybridized carbons (Fsp3) is 0.412. The Balaban J connectivity index is 2.53. The zero-order valence-corrected chi connectivity index (χ0v) is 15.9. The number of carbonyl (C=O) groups excluding carboxylic acids is 1. The lowest BCUT2D eigenvalue weighted by Crippen LogP contribution is -2.33. The van der Waals surface area contributed by atoms with Crippen LogP contribution in [0.4, 0.5) is 27.6 Å².